The molecule has 0 bridgehead atoms. The van der Waals surface area contributed by atoms with Crippen LogP contribution in [0.15, 0.2) is 0 Å². The molecule has 0 radical (unpaired) electrons. The van der Waals surface area contributed by atoms with Crippen molar-refractivity contribution in [1.29, 1.82) is 0 Å². The van der Waals surface area contributed by atoms with Crippen LogP contribution in [0.2, 0.25) is 0 Å². The summed E-state index contributed by atoms with van der Waals surface area (Å²) in [6.07, 6.45) is 1.11. The lowest BCUT2D eigenvalue weighted by atomic mass is 10.0. The first-order valence-corrected chi connectivity index (χ1v) is 5.31. The maximum atomic E-state index is 11.0. The second-order valence-corrected chi connectivity index (χ2v) is 4.31. The maximum Gasteiger partial charge on any atom is 0.407 e. The van der Waals surface area contributed by atoms with E-state index in [1.54, 1.807) is 4.90 Å². The third-order valence-corrected chi connectivity index (χ3v) is 2.56. The highest BCUT2D eigenvalue weighted by Gasteiger charge is 2.25. The van der Waals surface area contributed by atoms with Crippen molar-refractivity contribution < 1.29 is 9.90 Å². The second kappa shape index (κ2) is 5.20. The Morgan fingerprint density at radius 2 is 2.07 bits per heavy atom. The molecule has 0 spiro atoms. The van der Waals surface area contributed by atoms with Gasteiger partial charge in [-0.15, -0.1) is 0 Å². The molecular weight excluding hydrogens is 180 g/mol. The molecule has 1 amide bonds. The molecule has 82 valence electrons. The summed E-state index contributed by atoms with van der Waals surface area (Å²) in [7, 11) is 0. The van der Waals surface area contributed by atoms with Crippen LogP contribution in [-0.2, 0) is 0 Å². The minimum Gasteiger partial charge on any atom is -0.465 e. The Morgan fingerprint density at radius 3 is 2.50 bits per heavy atom. The van der Waals surface area contributed by atoms with Gasteiger partial charge in [-0.2, -0.15) is 0 Å². The van der Waals surface area contributed by atoms with Gasteiger partial charge in [0.2, 0.25) is 0 Å². The van der Waals surface area contributed by atoms with Crippen molar-refractivity contribution in [3.63, 3.8) is 0 Å². The van der Waals surface area contributed by atoms with E-state index in [1.165, 1.54) is 0 Å². The summed E-state index contributed by atoms with van der Waals surface area (Å²) in [5.74, 6) is 0.404. The second-order valence-electron chi connectivity index (χ2n) is 4.31. The first-order valence-electron chi connectivity index (χ1n) is 5.31. The van der Waals surface area contributed by atoms with Crippen LogP contribution in [0.4, 0.5) is 4.79 Å². The zero-order chi connectivity index (χ0) is 10.6. The van der Waals surface area contributed by atoms with E-state index in [2.05, 4.69) is 19.2 Å². The van der Waals surface area contributed by atoms with Gasteiger partial charge in [0.05, 0.1) is 0 Å². The minimum absolute atomic E-state index is 0.219. The van der Waals surface area contributed by atoms with Gasteiger partial charge in [-0.05, 0) is 31.8 Å². The van der Waals surface area contributed by atoms with Gasteiger partial charge in [0, 0.05) is 12.6 Å². The van der Waals surface area contributed by atoms with Crippen LogP contribution in [0.3, 0.4) is 0 Å². The van der Waals surface area contributed by atoms with Gasteiger partial charge in [-0.25, -0.2) is 4.79 Å². The average Bonchev–Trinajstić information content (AvgIpc) is 2.15. The van der Waals surface area contributed by atoms with Crippen LogP contribution >= 0.6 is 0 Å². The maximum absolute atomic E-state index is 11.0. The van der Waals surface area contributed by atoms with Crippen LogP contribution in [-0.4, -0.2) is 41.8 Å². The smallest absolute Gasteiger partial charge is 0.407 e. The number of nitrogens with zero attached hydrogens (tertiary/aromatic N) is 1. The molecule has 0 aromatic rings. The molecule has 1 heterocycles. The number of carboxylic acid groups (broad SMARTS) is 1. The van der Waals surface area contributed by atoms with Crippen LogP contribution in [0, 0.1) is 5.92 Å². The molecule has 0 saturated carbocycles. The van der Waals surface area contributed by atoms with Crippen LogP contribution in [0.25, 0.3) is 0 Å². The van der Waals surface area contributed by atoms with E-state index < -0.39 is 6.09 Å². The fourth-order valence-electron chi connectivity index (χ4n) is 1.90. The number of nitrogens with one attached hydrogen (secondary N) is 1. The molecule has 1 saturated heterocycles. The highest BCUT2D eigenvalue weighted by molar-refractivity contribution is 5.65. The van der Waals surface area contributed by atoms with E-state index in [1.807, 2.05) is 0 Å². The van der Waals surface area contributed by atoms with Crippen molar-refractivity contribution in [2.45, 2.75) is 32.7 Å². The lowest BCUT2D eigenvalue weighted by molar-refractivity contribution is 0.106. The fraction of sp³-hybridized carbons (Fsp3) is 0.900. The van der Waals surface area contributed by atoms with Crippen LogP contribution in [0.5, 0.6) is 0 Å². The van der Waals surface area contributed by atoms with Crippen molar-refractivity contribution in [2.75, 3.05) is 19.6 Å². The highest BCUT2D eigenvalue weighted by Crippen LogP contribution is 2.13. The van der Waals surface area contributed by atoms with Gasteiger partial charge < -0.3 is 15.3 Å². The Labute approximate surface area is 85.3 Å². The number of hydrogen-bond acceptors (Lipinski definition) is 2. The number of hydrogen-bond donors (Lipinski definition) is 2. The largest absolute Gasteiger partial charge is 0.465 e. The summed E-state index contributed by atoms with van der Waals surface area (Å²) in [4.78, 5) is 12.6. The highest BCUT2D eigenvalue weighted by atomic mass is 16.4. The van der Waals surface area contributed by atoms with Crippen molar-refractivity contribution in [2.24, 2.45) is 5.92 Å². The molecule has 0 aromatic heterocycles. The van der Waals surface area contributed by atoms with E-state index in [4.69, 9.17) is 5.11 Å². The molecule has 1 aliphatic heterocycles. The quantitative estimate of drug-likeness (QED) is 0.723. The van der Waals surface area contributed by atoms with Gasteiger partial charge in [0.25, 0.3) is 0 Å². The molecule has 1 fully saturated rings. The Bertz CT molecular complexity index is 189. The number of rotatable bonds is 3. The van der Waals surface area contributed by atoms with E-state index >= 15 is 0 Å². The SMILES string of the molecule is CC(C)CN(C(=O)O)C1CCNCC1. The van der Waals surface area contributed by atoms with Crippen molar-refractivity contribution in [1.82, 2.24) is 10.2 Å². The predicted octanol–water partition coefficient (Wildman–Crippen LogP) is 1.37. The van der Waals surface area contributed by atoms with Gasteiger partial charge in [-0.1, -0.05) is 13.8 Å². The van der Waals surface area contributed by atoms with Crippen molar-refractivity contribution >= 4 is 6.09 Å². The van der Waals surface area contributed by atoms with E-state index in [-0.39, 0.29) is 6.04 Å². The summed E-state index contributed by atoms with van der Waals surface area (Å²) in [6.45, 7) is 6.63. The topological polar surface area (TPSA) is 52.6 Å². The first kappa shape index (κ1) is 11.3. The number of carbonyl (C=O) groups is 1. The molecule has 1 rings (SSSR count). The number of amides is 1. The Kier molecular flexibility index (Phi) is 4.20. The third kappa shape index (κ3) is 3.18. The van der Waals surface area contributed by atoms with E-state index in [0.717, 1.165) is 25.9 Å². The summed E-state index contributed by atoms with van der Waals surface area (Å²) < 4.78 is 0. The molecule has 0 aliphatic carbocycles. The molecule has 2 N–H and O–H groups in total. The lowest BCUT2D eigenvalue weighted by Gasteiger charge is -2.33. The normalized spacial score (nSPS) is 18.5. The van der Waals surface area contributed by atoms with Crippen molar-refractivity contribution in [3.05, 3.63) is 0 Å². The van der Waals surface area contributed by atoms with Gasteiger partial charge in [0.1, 0.15) is 0 Å². The molecule has 0 aromatic carbocycles. The molecule has 1 aliphatic rings. The first-order chi connectivity index (χ1) is 6.61. The molecular formula is C10H20N2O2. The van der Waals surface area contributed by atoms with Gasteiger partial charge >= 0.3 is 6.09 Å². The van der Waals surface area contributed by atoms with Gasteiger partial charge in [-0.3, -0.25) is 0 Å². The lowest BCUT2D eigenvalue weighted by Crippen LogP contribution is -2.47. The zero-order valence-corrected chi connectivity index (χ0v) is 8.99. The summed E-state index contributed by atoms with van der Waals surface area (Å²) in [5, 5.41) is 12.3. The average molecular weight is 200 g/mol. The van der Waals surface area contributed by atoms with Crippen LogP contribution in [0.1, 0.15) is 26.7 Å². The monoisotopic (exact) mass is 200 g/mol. The summed E-state index contributed by atoms with van der Waals surface area (Å²) >= 11 is 0. The Morgan fingerprint density at radius 1 is 1.50 bits per heavy atom. The number of piperidine rings is 1. The minimum atomic E-state index is -0.773. The van der Waals surface area contributed by atoms with Crippen LogP contribution < -0.4 is 5.32 Å². The fourth-order valence-corrected chi connectivity index (χ4v) is 1.90. The molecule has 0 unspecified atom stereocenters. The Hall–Kier alpha value is -0.770. The molecule has 4 heteroatoms. The van der Waals surface area contributed by atoms with Crippen molar-refractivity contribution in [3.8, 4) is 0 Å². The molecule has 0 atom stereocenters. The predicted molar refractivity (Wildman–Crippen MR) is 55.5 cm³/mol. The van der Waals surface area contributed by atoms with E-state index in [0.29, 0.717) is 12.5 Å². The molecule has 4 nitrogen and oxygen atoms in total. The molecule has 14 heavy (non-hydrogen) atoms. The zero-order valence-electron chi connectivity index (χ0n) is 8.99. The van der Waals surface area contributed by atoms with E-state index in [9.17, 15) is 4.79 Å². The Balaban J connectivity index is 2.51. The summed E-state index contributed by atoms with van der Waals surface area (Å²) in [6, 6.07) is 0.219. The summed E-state index contributed by atoms with van der Waals surface area (Å²) in [5.41, 5.74) is 0. The van der Waals surface area contributed by atoms with Gasteiger partial charge in [0.15, 0.2) is 0 Å². The third-order valence-electron chi connectivity index (χ3n) is 2.56. The standard InChI is InChI=1S/C10H20N2O2/c1-8(2)7-12(10(13)14)9-3-5-11-6-4-9/h8-9,11H,3-7H2,1-2H3,(H,13,14).